The highest BCUT2D eigenvalue weighted by molar-refractivity contribution is 6.07. The molecule has 6 nitrogen and oxygen atoms in total. The van der Waals surface area contributed by atoms with Crippen LogP contribution in [0.4, 0.5) is 0 Å². The predicted molar refractivity (Wildman–Crippen MR) is 76.6 cm³/mol. The Bertz CT molecular complexity index is 804. The van der Waals surface area contributed by atoms with Gasteiger partial charge in [-0.25, -0.2) is 4.79 Å². The Labute approximate surface area is 120 Å². The molecule has 0 aliphatic heterocycles. The molecule has 0 aliphatic rings. The summed E-state index contributed by atoms with van der Waals surface area (Å²) in [4.78, 5) is 35.6. The molecule has 1 heterocycles. The molecule has 0 amide bonds. The molecule has 2 rings (SSSR count). The molecular formula is C15H15NO5. The number of fused-ring (bicyclic) bond motifs is 1. The van der Waals surface area contributed by atoms with Crippen molar-refractivity contribution in [3.8, 4) is 5.75 Å². The number of hydrogen-bond acceptors (Lipinski definition) is 5. The van der Waals surface area contributed by atoms with Gasteiger partial charge in [0.2, 0.25) is 0 Å². The molecule has 21 heavy (non-hydrogen) atoms. The van der Waals surface area contributed by atoms with Crippen LogP contribution in [-0.2, 0) is 16.6 Å². The smallest absolute Gasteiger partial charge is 0.342 e. The molecule has 2 aromatic rings. The summed E-state index contributed by atoms with van der Waals surface area (Å²) >= 11 is 0. The van der Waals surface area contributed by atoms with Gasteiger partial charge < -0.3 is 14.0 Å². The molecule has 6 heteroatoms. The fraction of sp³-hybridized carbons (Fsp3) is 0.267. The zero-order valence-corrected chi connectivity index (χ0v) is 12.2. The summed E-state index contributed by atoms with van der Waals surface area (Å²) in [6.07, 6.45) is 0. The number of carbonyl (C=O) groups is 2. The molecule has 0 N–H and O–H groups in total. The Morgan fingerprint density at radius 2 is 1.90 bits per heavy atom. The lowest BCUT2D eigenvalue weighted by molar-refractivity contribution is -0.131. The van der Waals surface area contributed by atoms with E-state index in [1.54, 1.807) is 26.1 Å². The number of ether oxygens (including phenoxy) is 2. The van der Waals surface area contributed by atoms with Crippen LogP contribution in [0.3, 0.4) is 0 Å². The first-order valence-electron chi connectivity index (χ1n) is 6.27. The van der Waals surface area contributed by atoms with E-state index in [0.29, 0.717) is 5.39 Å². The third-order valence-corrected chi connectivity index (χ3v) is 3.25. The van der Waals surface area contributed by atoms with Crippen LogP contribution in [0.15, 0.2) is 23.0 Å². The van der Waals surface area contributed by atoms with E-state index in [0.717, 1.165) is 5.69 Å². The number of rotatable bonds is 2. The van der Waals surface area contributed by atoms with Crippen LogP contribution in [-0.4, -0.2) is 23.6 Å². The van der Waals surface area contributed by atoms with Gasteiger partial charge in [0.15, 0.2) is 0 Å². The zero-order chi connectivity index (χ0) is 15.7. The summed E-state index contributed by atoms with van der Waals surface area (Å²) in [5, 5.41) is 0.764. The number of pyridine rings is 1. The second-order valence-electron chi connectivity index (χ2n) is 4.64. The van der Waals surface area contributed by atoms with Gasteiger partial charge in [0.05, 0.1) is 12.5 Å². The number of methoxy groups -OCH3 is 1. The third kappa shape index (κ3) is 2.52. The Morgan fingerprint density at radius 1 is 1.24 bits per heavy atom. The average Bonchev–Trinajstić information content (AvgIpc) is 2.44. The van der Waals surface area contributed by atoms with Crippen molar-refractivity contribution >= 4 is 22.7 Å². The van der Waals surface area contributed by atoms with Gasteiger partial charge in [-0.15, -0.1) is 0 Å². The van der Waals surface area contributed by atoms with Gasteiger partial charge >= 0.3 is 11.9 Å². The topological polar surface area (TPSA) is 74.6 Å². The lowest BCUT2D eigenvalue weighted by Crippen LogP contribution is -2.22. The quantitative estimate of drug-likeness (QED) is 0.619. The van der Waals surface area contributed by atoms with Crippen LogP contribution in [0.5, 0.6) is 5.75 Å². The Morgan fingerprint density at radius 3 is 2.48 bits per heavy atom. The van der Waals surface area contributed by atoms with E-state index in [1.807, 2.05) is 0 Å². The first-order valence-corrected chi connectivity index (χ1v) is 6.27. The molecule has 0 bridgehead atoms. The molecule has 0 atom stereocenters. The minimum Gasteiger partial charge on any atom is -0.465 e. The van der Waals surface area contributed by atoms with Crippen molar-refractivity contribution in [3.63, 3.8) is 0 Å². The molecule has 0 saturated heterocycles. The summed E-state index contributed by atoms with van der Waals surface area (Å²) in [6, 6.07) is 4.89. The van der Waals surface area contributed by atoms with Gasteiger partial charge in [0.1, 0.15) is 11.3 Å². The van der Waals surface area contributed by atoms with E-state index in [2.05, 4.69) is 0 Å². The fourth-order valence-electron chi connectivity index (χ4n) is 2.14. The number of benzene rings is 1. The highest BCUT2D eigenvalue weighted by Gasteiger charge is 2.21. The number of esters is 2. The fourth-order valence-corrected chi connectivity index (χ4v) is 2.14. The average molecular weight is 289 g/mol. The van der Waals surface area contributed by atoms with Crippen LogP contribution in [0.2, 0.25) is 0 Å². The van der Waals surface area contributed by atoms with Crippen molar-refractivity contribution in [1.29, 1.82) is 0 Å². The first kappa shape index (κ1) is 14.8. The molecule has 1 aromatic heterocycles. The maximum absolute atomic E-state index is 12.4. The summed E-state index contributed by atoms with van der Waals surface area (Å²) in [7, 11) is 2.81. The summed E-state index contributed by atoms with van der Waals surface area (Å²) in [5.41, 5.74) is 0.369. The van der Waals surface area contributed by atoms with Crippen molar-refractivity contribution in [2.45, 2.75) is 13.8 Å². The molecule has 0 saturated carbocycles. The molecule has 0 radical (unpaired) electrons. The van der Waals surface area contributed by atoms with Gasteiger partial charge in [-0.1, -0.05) is 6.07 Å². The van der Waals surface area contributed by atoms with Gasteiger partial charge in [-0.3, -0.25) is 9.59 Å². The van der Waals surface area contributed by atoms with Crippen molar-refractivity contribution in [2.75, 3.05) is 7.11 Å². The van der Waals surface area contributed by atoms with Crippen molar-refractivity contribution in [1.82, 2.24) is 4.57 Å². The molecule has 0 unspecified atom stereocenters. The lowest BCUT2D eigenvalue weighted by atomic mass is 10.0. The minimum absolute atomic E-state index is 0.0165. The second kappa shape index (κ2) is 5.40. The van der Waals surface area contributed by atoms with Crippen LogP contribution >= 0.6 is 0 Å². The second-order valence-corrected chi connectivity index (χ2v) is 4.64. The molecular weight excluding hydrogens is 274 g/mol. The number of carbonyl (C=O) groups excluding carboxylic acids is 2. The Hall–Kier alpha value is -2.63. The molecule has 0 fully saturated rings. The van der Waals surface area contributed by atoms with Crippen molar-refractivity contribution in [3.05, 3.63) is 39.8 Å². The van der Waals surface area contributed by atoms with E-state index in [4.69, 9.17) is 9.47 Å². The highest BCUT2D eigenvalue weighted by Crippen LogP contribution is 2.27. The predicted octanol–water partition coefficient (Wildman–Crippen LogP) is 1.56. The first-order chi connectivity index (χ1) is 9.86. The van der Waals surface area contributed by atoms with Crippen LogP contribution in [0.25, 0.3) is 10.8 Å². The maximum atomic E-state index is 12.4. The van der Waals surface area contributed by atoms with Gasteiger partial charge in [-0.05, 0) is 24.4 Å². The summed E-state index contributed by atoms with van der Waals surface area (Å²) < 4.78 is 11.1. The minimum atomic E-state index is -0.724. The third-order valence-electron chi connectivity index (χ3n) is 3.25. The van der Waals surface area contributed by atoms with Crippen LogP contribution in [0.1, 0.15) is 23.0 Å². The van der Waals surface area contributed by atoms with Crippen molar-refractivity contribution < 1.29 is 19.1 Å². The van der Waals surface area contributed by atoms with Gasteiger partial charge in [0.25, 0.3) is 5.56 Å². The number of aromatic nitrogens is 1. The highest BCUT2D eigenvalue weighted by atomic mass is 16.5. The number of nitrogens with zero attached hydrogens (tertiary/aromatic N) is 1. The van der Waals surface area contributed by atoms with Gasteiger partial charge in [0, 0.05) is 19.7 Å². The summed E-state index contributed by atoms with van der Waals surface area (Å²) in [5.74, 6) is -1.29. The van der Waals surface area contributed by atoms with Gasteiger partial charge in [-0.2, -0.15) is 0 Å². The number of hydrogen-bond donors (Lipinski definition) is 0. The molecule has 1 aromatic carbocycles. The van der Waals surface area contributed by atoms with E-state index in [9.17, 15) is 14.4 Å². The largest absolute Gasteiger partial charge is 0.465 e. The lowest BCUT2D eigenvalue weighted by Gasteiger charge is -2.12. The van der Waals surface area contributed by atoms with Crippen LogP contribution < -0.4 is 10.3 Å². The van der Waals surface area contributed by atoms with Crippen molar-refractivity contribution in [2.24, 2.45) is 7.05 Å². The monoisotopic (exact) mass is 289 g/mol. The normalized spacial score (nSPS) is 10.5. The number of aryl methyl sites for hydroxylation is 1. The van der Waals surface area contributed by atoms with E-state index in [-0.39, 0.29) is 22.3 Å². The van der Waals surface area contributed by atoms with E-state index >= 15 is 0 Å². The molecule has 110 valence electrons. The summed E-state index contributed by atoms with van der Waals surface area (Å²) in [6.45, 7) is 3.01. The zero-order valence-electron chi connectivity index (χ0n) is 12.2. The SMILES string of the molecule is COC(=O)c1c(OC(C)=O)ccc2cc(C)n(C)c(=O)c12. The van der Waals surface area contributed by atoms with E-state index in [1.165, 1.54) is 24.7 Å². The Kier molecular flexibility index (Phi) is 3.80. The maximum Gasteiger partial charge on any atom is 0.342 e. The molecule has 0 spiro atoms. The van der Waals surface area contributed by atoms with Crippen LogP contribution in [0, 0.1) is 6.92 Å². The Balaban J connectivity index is 2.93. The molecule has 0 aliphatic carbocycles. The standard InChI is InChI=1S/C15H15NO5/c1-8-7-10-5-6-11(21-9(2)17)13(15(19)20-4)12(10)14(18)16(8)3/h5-7H,1-4H3. The van der Waals surface area contributed by atoms with E-state index < -0.39 is 11.9 Å².